The Bertz CT molecular complexity index is 945. The van der Waals surface area contributed by atoms with Gasteiger partial charge >= 0.3 is 5.97 Å². The minimum absolute atomic E-state index is 0.0650. The van der Waals surface area contributed by atoms with Crippen LogP contribution < -0.4 is 4.74 Å². The van der Waals surface area contributed by atoms with E-state index in [1.54, 1.807) is 24.3 Å². The topological polar surface area (TPSA) is 59.0 Å². The summed E-state index contributed by atoms with van der Waals surface area (Å²) in [5.74, 6) is -0.545. The molecule has 1 aliphatic rings. The zero-order valence-corrected chi connectivity index (χ0v) is 18.1. The van der Waals surface area contributed by atoms with Crippen molar-refractivity contribution in [2.75, 3.05) is 26.2 Å². The van der Waals surface area contributed by atoms with Gasteiger partial charge in [0.2, 0.25) is 0 Å². The summed E-state index contributed by atoms with van der Waals surface area (Å²) in [7, 11) is 0. The summed E-state index contributed by atoms with van der Waals surface area (Å²) >= 11 is 0. The van der Waals surface area contributed by atoms with Gasteiger partial charge in [0.05, 0.1) is 6.10 Å². The Balaban J connectivity index is 1.29. The third kappa shape index (κ3) is 5.75. The number of rotatable bonds is 9. The molecule has 5 heteroatoms. The zero-order valence-electron chi connectivity index (χ0n) is 18.1. The zero-order chi connectivity index (χ0) is 22.2. The van der Waals surface area contributed by atoms with Crippen molar-refractivity contribution in [3.63, 3.8) is 0 Å². The predicted octanol–water partition coefficient (Wildman–Crippen LogP) is 5.03. The molecule has 1 aliphatic heterocycles. The first-order valence-corrected chi connectivity index (χ1v) is 11.1. The Kier molecular flexibility index (Phi) is 7.54. The van der Waals surface area contributed by atoms with Crippen molar-refractivity contribution in [1.82, 2.24) is 4.90 Å². The highest BCUT2D eigenvalue weighted by molar-refractivity contribution is 5.90. The molecule has 32 heavy (non-hydrogen) atoms. The summed E-state index contributed by atoms with van der Waals surface area (Å²) in [4.78, 5) is 13.7. The van der Waals surface area contributed by atoms with Crippen LogP contribution in [0, 0.1) is 0 Å². The van der Waals surface area contributed by atoms with Crippen LogP contribution in [0.1, 0.15) is 40.4 Å². The van der Waals surface area contributed by atoms with E-state index >= 15 is 0 Å². The first-order valence-electron chi connectivity index (χ1n) is 11.1. The molecule has 4 rings (SSSR count). The Morgan fingerprint density at radius 1 is 0.875 bits per heavy atom. The maximum Gasteiger partial charge on any atom is 0.339 e. The quantitative estimate of drug-likeness (QED) is 0.515. The van der Waals surface area contributed by atoms with E-state index in [4.69, 9.17) is 9.47 Å². The highest BCUT2D eigenvalue weighted by Gasteiger charge is 2.24. The first kappa shape index (κ1) is 22.1. The van der Waals surface area contributed by atoms with Gasteiger partial charge in [-0.05, 0) is 36.1 Å². The molecule has 0 aliphatic carbocycles. The van der Waals surface area contributed by atoms with E-state index in [0.717, 1.165) is 32.5 Å². The van der Waals surface area contributed by atoms with E-state index < -0.39 is 5.97 Å². The molecule has 5 nitrogen and oxygen atoms in total. The van der Waals surface area contributed by atoms with Crippen LogP contribution in [-0.2, 0) is 4.74 Å². The number of carbonyl (C=O) groups is 1. The number of ether oxygens (including phenoxy) is 2. The lowest BCUT2D eigenvalue weighted by Crippen LogP contribution is -2.39. The lowest BCUT2D eigenvalue weighted by Gasteiger charge is -2.34. The minimum atomic E-state index is -0.968. The summed E-state index contributed by atoms with van der Waals surface area (Å²) in [6, 6.07) is 27.5. The summed E-state index contributed by atoms with van der Waals surface area (Å²) in [6.07, 6.45) is 2.05. The number of hydrogen-bond acceptors (Lipinski definition) is 4. The fourth-order valence-corrected chi connectivity index (χ4v) is 4.12. The average molecular weight is 432 g/mol. The van der Waals surface area contributed by atoms with Crippen molar-refractivity contribution < 1.29 is 19.4 Å². The number of aromatic carboxylic acids is 1. The van der Waals surface area contributed by atoms with Crippen LogP contribution >= 0.6 is 0 Å². The molecule has 1 fully saturated rings. The maximum absolute atomic E-state index is 11.3. The number of nitrogens with zero attached hydrogens (tertiary/aromatic N) is 1. The third-order valence-electron chi connectivity index (χ3n) is 5.85. The Morgan fingerprint density at radius 3 is 2.03 bits per heavy atom. The highest BCUT2D eigenvalue weighted by atomic mass is 16.5. The molecule has 1 saturated heterocycles. The molecule has 3 aromatic carbocycles. The molecule has 0 aromatic heterocycles. The second-order valence-corrected chi connectivity index (χ2v) is 8.03. The third-order valence-corrected chi connectivity index (χ3v) is 5.85. The van der Waals surface area contributed by atoms with E-state index in [0.29, 0.717) is 12.4 Å². The largest absolute Gasteiger partial charge is 0.491 e. The lowest BCUT2D eigenvalue weighted by molar-refractivity contribution is -0.0282. The van der Waals surface area contributed by atoms with Crippen molar-refractivity contribution in [2.45, 2.75) is 25.0 Å². The molecule has 3 aromatic rings. The fraction of sp³-hybridized carbons (Fsp3) is 0.296. The van der Waals surface area contributed by atoms with Gasteiger partial charge < -0.3 is 14.6 Å². The van der Waals surface area contributed by atoms with Crippen LogP contribution in [0.3, 0.4) is 0 Å². The van der Waals surface area contributed by atoms with Gasteiger partial charge in [-0.25, -0.2) is 4.79 Å². The van der Waals surface area contributed by atoms with E-state index in [-0.39, 0.29) is 17.8 Å². The van der Waals surface area contributed by atoms with Crippen LogP contribution in [0.4, 0.5) is 0 Å². The molecule has 0 atom stereocenters. The number of para-hydroxylation sites is 1. The molecule has 0 spiro atoms. The van der Waals surface area contributed by atoms with Gasteiger partial charge in [-0.2, -0.15) is 0 Å². The molecule has 166 valence electrons. The second kappa shape index (κ2) is 10.9. The Labute approximate surface area is 189 Å². The normalized spacial score (nSPS) is 15.0. The summed E-state index contributed by atoms with van der Waals surface area (Å²) in [5, 5.41) is 9.28. The van der Waals surface area contributed by atoms with Gasteiger partial charge in [0, 0.05) is 19.6 Å². The Hall–Kier alpha value is -3.15. The van der Waals surface area contributed by atoms with Crippen molar-refractivity contribution >= 4 is 5.97 Å². The standard InChI is InChI=1S/C27H29NO4/c29-27(30)24-13-7-8-14-25(24)31-20-19-28-17-15-23(16-18-28)32-26(21-9-3-1-4-10-21)22-11-5-2-6-12-22/h1-14,23,26H,15-20H2,(H,29,30). The van der Waals surface area contributed by atoms with Gasteiger partial charge in [0.15, 0.2) is 0 Å². The van der Waals surface area contributed by atoms with Crippen LogP contribution in [0.5, 0.6) is 5.75 Å². The van der Waals surface area contributed by atoms with Crippen molar-refractivity contribution in [2.24, 2.45) is 0 Å². The first-order chi connectivity index (χ1) is 15.7. The number of benzene rings is 3. The van der Waals surface area contributed by atoms with Crippen molar-refractivity contribution in [3.05, 3.63) is 102 Å². The van der Waals surface area contributed by atoms with Gasteiger partial charge in [-0.1, -0.05) is 72.8 Å². The predicted molar refractivity (Wildman–Crippen MR) is 124 cm³/mol. The van der Waals surface area contributed by atoms with Crippen molar-refractivity contribution in [1.29, 1.82) is 0 Å². The van der Waals surface area contributed by atoms with Gasteiger partial charge in [-0.15, -0.1) is 0 Å². The van der Waals surface area contributed by atoms with E-state index in [9.17, 15) is 9.90 Å². The highest BCUT2D eigenvalue weighted by Crippen LogP contribution is 2.30. The van der Waals surface area contributed by atoms with Crippen LogP contribution in [0.15, 0.2) is 84.9 Å². The van der Waals surface area contributed by atoms with Gasteiger partial charge in [-0.3, -0.25) is 4.90 Å². The summed E-state index contributed by atoms with van der Waals surface area (Å²) < 4.78 is 12.4. The number of piperidine rings is 1. The monoisotopic (exact) mass is 431 g/mol. The number of carboxylic acid groups (broad SMARTS) is 1. The number of likely N-dealkylation sites (tertiary alicyclic amines) is 1. The number of hydrogen-bond donors (Lipinski definition) is 1. The van der Waals surface area contributed by atoms with E-state index in [2.05, 4.69) is 53.4 Å². The summed E-state index contributed by atoms with van der Waals surface area (Å²) in [5.41, 5.74) is 2.55. The number of carboxylic acids is 1. The molecular formula is C27H29NO4. The van der Waals surface area contributed by atoms with Gasteiger partial charge in [0.1, 0.15) is 24.0 Å². The molecule has 0 amide bonds. The minimum Gasteiger partial charge on any atom is -0.491 e. The molecule has 0 saturated carbocycles. The Morgan fingerprint density at radius 2 is 1.44 bits per heavy atom. The molecule has 1 N–H and O–H groups in total. The van der Waals surface area contributed by atoms with Crippen molar-refractivity contribution in [3.8, 4) is 5.75 Å². The maximum atomic E-state index is 11.3. The van der Waals surface area contributed by atoms with E-state index in [1.165, 1.54) is 11.1 Å². The van der Waals surface area contributed by atoms with E-state index in [1.807, 2.05) is 12.1 Å². The molecular weight excluding hydrogens is 402 g/mol. The second-order valence-electron chi connectivity index (χ2n) is 8.03. The summed E-state index contributed by atoms with van der Waals surface area (Å²) in [6.45, 7) is 3.10. The molecule has 1 heterocycles. The van der Waals surface area contributed by atoms with Crippen LogP contribution in [0.2, 0.25) is 0 Å². The van der Waals surface area contributed by atoms with Crippen LogP contribution in [-0.4, -0.2) is 48.3 Å². The molecule has 0 bridgehead atoms. The van der Waals surface area contributed by atoms with Crippen LogP contribution in [0.25, 0.3) is 0 Å². The lowest BCUT2D eigenvalue weighted by atomic mass is 10.00. The average Bonchev–Trinajstić information content (AvgIpc) is 2.85. The smallest absolute Gasteiger partial charge is 0.339 e. The molecule has 0 radical (unpaired) electrons. The van der Waals surface area contributed by atoms with Gasteiger partial charge in [0.25, 0.3) is 0 Å². The molecule has 0 unspecified atom stereocenters. The SMILES string of the molecule is O=C(O)c1ccccc1OCCN1CCC(OC(c2ccccc2)c2ccccc2)CC1. The fourth-order valence-electron chi connectivity index (χ4n) is 4.12.